The lowest BCUT2D eigenvalue weighted by Crippen LogP contribution is -2.23. The summed E-state index contributed by atoms with van der Waals surface area (Å²) < 4.78 is 5.21. The minimum absolute atomic E-state index is 0.356. The minimum Gasteiger partial charge on any atom is -0.497 e. The van der Waals surface area contributed by atoms with Crippen LogP contribution in [-0.4, -0.2) is 47.5 Å². The Balaban J connectivity index is 1.41. The predicted molar refractivity (Wildman–Crippen MR) is 105 cm³/mol. The fourth-order valence-electron chi connectivity index (χ4n) is 3.78. The van der Waals surface area contributed by atoms with E-state index in [0.717, 1.165) is 49.6 Å². The molecular weight excluding hydrogens is 340 g/mol. The summed E-state index contributed by atoms with van der Waals surface area (Å²) in [6.07, 6.45) is 2.08. The number of nitrogens with zero attached hydrogens (tertiary/aromatic N) is 2. The number of benzene rings is 2. The standard InChI is InChI=1S/C21H24N4O2/c1-27-16-7-5-14(6-8-16)9-11-25-12-10-15(13-25)21-23-18-4-2-3-17(20(22)26)19(18)24-21/h2-8,15H,9-13H2,1H3,(H2,22,26)(H,23,24). The van der Waals surface area contributed by atoms with E-state index in [1.807, 2.05) is 24.3 Å². The zero-order valence-corrected chi connectivity index (χ0v) is 15.4. The third-order valence-corrected chi connectivity index (χ3v) is 5.33. The van der Waals surface area contributed by atoms with Crippen LogP contribution >= 0.6 is 0 Å². The Kier molecular flexibility index (Phi) is 4.81. The van der Waals surface area contributed by atoms with E-state index in [1.165, 1.54) is 5.56 Å². The first kappa shape index (κ1) is 17.5. The number of imidazole rings is 1. The van der Waals surface area contributed by atoms with E-state index in [9.17, 15) is 4.79 Å². The molecule has 4 rings (SSSR count). The number of ether oxygens (including phenoxy) is 1. The number of hydrogen-bond acceptors (Lipinski definition) is 4. The van der Waals surface area contributed by atoms with E-state index < -0.39 is 5.91 Å². The normalized spacial score (nSPS) is 17.4. The van der Waals surface area contributed by atoms with Gasteiger partial charge in [-0.1, -0.05) is 18.2 Å². The maximum atomic E-state index is 11.6. The van der Waals surface area contributed by atoms with Crippen LogP contribution in [-0.2, 0) is 6.42 Å². The van der Waals surface area contributed by atoms with Crippen molar-refractivity contribution in [3.05, 3.63) is 59.4 Å². The molecule has 0 spiro atoms. The Morgan fingerprint density at radius 1 is 1.30 bits per heavy atom. The van der Waals surface area contributed by atoms with Crippen molar-refractivity contribution in [2.24, 2.45) is 5.73 Å². The SMILES string of the molecule is COc1ccc(CCN2CCC(c3nc4c(C(N)=O)cccc4[nH]3)C2)cc1. The fraction of sp³-hybridized carbons (Fsp3) is 0.333. The molecule has 1 aliphatic rings. The Bertz CT molecular complexity index is 948. The molecule has 140 valence electrons. The number of aromatic amines is 1. The molecule has 1 atom stereocenters. The van der Waals surface area contributed by atoms with Crippen molar-refractivity contribution < 1.29 is 9.53 Å². The van der Waals surface area contributed by atoms with E-state index >= 15 is 0 Å². The molecule has 0 saturated carbocycles. The highest BCUT2D eigenvalue weighted by atomic mass is 16.5. The van der Waals surface area contributed by atoms with Crippen LogP contribution in [0.3, 0.4) is 0 Å². The average Bonchev–Trinajstić information content (AvgIpc) is 3.33. The Labute approximate surface area is 158 Å². The maximum absolute atomic E-state index is 11.6. The van der Waals surface area contributed by atoms with E-state index in [0.29, 0.717) is 17.0 Å². The van der Waals surface area contributed by atoms with Crippen molar-refractivity contribution in [2.75, 3.05) is 26.7 Å². The second kappa shape index (κ2) is 7.40. The molecule has 27 heavy (non-hydrogen) atoms. The van der Waals surface area contributed by atoms with Gasteiger partial charge in [-0.25, -0.2) is 4.98 Å². The van der Waals surface area contributed by atoms with Crippen LogP contribution in [0.25, 0.3) is 11.0 Å². The van der Waals surface area contributed by atoms with Crippen molar-refractivity contribution >= 4 is 16.9 Å². The number of aromatic nitrogens is 2. The number of rotatable bonds is 6. The molecule has 0 bridgehead atoms. The van der Waals surface area contributed by atoms with Gasteiger partial charge in [0.15, 0.2) is 0 Å². The van der Waals surface area contributed by atoms with Gasteiger partial charge in [-0.2, -0.15) is 0 Å². The first-order valence-electron chi connectivity index (χ1n) is 9.28. The molecule has 1 aromatic heterocycles. The molecule has 3 aromatic rings. The number of hydrogen-bond donors (Lipinski definition) is 2. The van der Waals surface area contributed by atoms with E-state index in [-0.39, 0.29) is 0 Å². The number of primary amides is 1. The summed E-state index contributed by atoms with van der Waals surface area (Å²) in [5.41, 5.74) is 8.81. The zero-order chi connectivity index (χ0) is 18.8. The van der Waals surface area contributed by atoms with Gasteiger partial charge in [-0.05, 0) is 49.2 Å². The third kappa shape index (κ3) is 3.66. The molecule has 3 N–H and O–H groups in total. The molecule has 2 aromatic carbocycles. The van der Waals surface area contributed by atoms with Crippen molar-refractivity contribution in [3.63, 3.8) is 0 Å². The van der Waals surface area contributed by atoms with Gasteiger partial charge in [0.2, 0.25) is 0 Å². The van der Waals surface area contributed by atoms with Gasteiger partial charge in [0.05, 0.1) is 18.2 Å². The lowest BCUT2D eigenvalue weighted by Gasteiger charge is -2.15. The quantitative estimate of drug-likeness (QED) is 0.704. The summed E-state index contributed by atoms with van der Waals surface area (Å²) in [5.74, 6) is 1.76. The number of carbonyl (C=O) groups excluding carboxylic acids is 1. The number of nitrogens with one attached hydrogen (secondary N) is 1. The Morgan fingerprint density at radius 2 is 2.11 bits per heavy atom. The van der Waals surface area contributed by atoms with Gasteiger partial charge in [-0.15, -0.1) is 0 Å². The average molecular weight is 364 g/mol. The highest BCUT2D eigenvalue weighted by Crippen LogP contribution is 2.28. The molecule has 0 aliphatic carbocycles. The van der Waals surface area contributed by atoms with Gasteiger partial charge in [0, 0.05) is 19.0 Å². The number of likely N-dealkylation sites (tertiary alicyclic amines) is 1. The maximum Gasteiger partial charge on any atom is 0.250 e. The summed E-state index contributed by atoms with van der Waals surface area (Å²) in [6.45, 7) is 3.05. The van der Waals surface area contributed by atoms with Crippen molar-refractivity contribution in [1.29, 1.82) is 0 Å². The second-order valence-electron chi connectivity index (χ2n) is 7.07. The monoisotopic (exact) mass is 364 g/mol. The number of carbonyl (C=O) groups is 1. The summed E-state index contributed by atoms with van der Waals surface area (Å²) in [5, 5.41) is 0. The van der Waals surface area contributed by atoms with Crippen LogP contribution in [0, 0.1) is 0 Å². The molecule has 1 saturated heterocycles. The smallest absolute Gasteiger partial charge is 0.250 e. The summed E-state index contributed by atoms with van der Waals surface area (Å²) in [7, 11) is 1.68. The van der Waals surface area contributed by atoms with Crippen molar-refractivity contribution in [2.45, 2.75) is 18.8 Å². The topological polar surface area (TPSA) is 84.2 Å². The highest BCUT2D eigenvalue weighted by Gasteiger charge is 2.26. The molecule has 6 heteroatoms. The number of fused-ring (bicyclic) bond motifs is 1. The van der Waals surface area contributed by atoms with Gasteiger partial charge in [0.1, 0.15) is 17.1 Å². The molecule has 6 nitrogen and oxygen atoms in total. The third-order valence-electron chi connectivity index (χ3n) is 5.33. The predicted octanol–water partition coefficient (Wildman–Crippen LogP) is 2.70. The number of nitrogens with two attached hydrogens (primary N) is 1. The molecule has 1 unspecified atom stereocenters. The van der Waals surface area contributed by atoms with Crippen LogP contribution in [0.4, 0.5) is 0 Å². The van der Waals surface area contributed by atoms with Gasteiger partial charge >= 0.3 is 0 Å². The van der Waals surface area contributed by atoms with Crippen molar-refractivity contribution in [3.8, 4) is 5.75 Å². The summed E-state index contributed by atoms with van der Waals surface area (Å²) >= 11 is 0. The summed E-state index contributed by atoms with van der Waals surface area (Å²) in [4.78, 5) is 22.2. The highest BCUT2D eigenvalue weighted by molar-refractivity contribution is 6.04. The van der Waals surface area contributed by atoms with Crippen LogP contribution in [0.2, 0.25) is 0 Å². The van der Waals surface area contributed by atoms with Crippen LogP contribution in [0.15, 0.2) is 42.5 Å². The molecule has 1 amide bonds. The van der Waals surface area contributed by atoms with Crippen LogP contribution in [0.1, 0.15) is 34.1 Å². The molecule has 0 radical (unpaired) electrons. The lowest BCUT2D eigenvalue weighted by molar-refractivity contribution is 0.100. The van der Waals surface area contributed by atoms with Gasteiger partial charge in [0.25, 0.3) is 5.91 Å². The molecular formula is C21H24N4O2. The first-order valence-corrected chi connectivity index (χ1v) is 9.28. The van der Waals surface area contributed by atoms with Crippen LogP contribution in [0.5, 0.6) is 5.75 Å². The largest absolute Gasteiger partial charge is 0.497 e. The second-order valence-corrected chi connectivity index (χ2v) is 7.07. The zero-order valence-electron chi connectivity index (χ0n) is 15.4. The fourth-order valence-corrected chi connectivity index (χ4v) is 3.78. The number of H-pyrrole nitrogens is 1. The Morgan fingerprint density at radius 3 is 2.85 bits per heavy atom. The number of para-hydroxylation sites is 1. The van der Waals surface area contributed by atoms with Crippen LogP contribution < -0.4 is 10.5 Å². The van der Waals surface area contributed by atoms with Crippen molar-refractivity contribution in [1.82, 2.24) is 14.9 Å². The molecule has 1 aliphatic heterocycles. The van der Waals surface area contributed by atoms with E-state index in [4.69, 9.17) is 15.5 Å². The van der Waals surface area contributed by atoms with Gasteiger partial charge < -0.3 is 20.4 Å². The first-order chi connectivity index (χ1) is 13.1. The van der Waals surface area contributed by atoms with Gasteiger partial charge in [-0.3, -0.25) is 4.79 Å². The Hall–Kier alpha value is -2.86. The molecule has 2 heterocycles. The summed E-state index contributed by atoms with van der Waals surface area (Å²) in [6, 6.07) is 13.8. The number of amides is 1. The number of methoxy groups -OCH3 is 1. The molecule has 1 fully saturated rings. The lowest BCUT2D eigenvalue weighted by atomic mass is 10.1. The van der Waals surface area contributed by atoms with E-state index in [1.54, 1.807) is 13.2 Å². The minimum atomic E-state index is -0.439. The van der Waals surface area contributed by atoms with E-state index in [2.05, 4.69) is 22.0 Å².